The predicted octanol–water partition coefficient (Wildman–Crippen LogP) is 2.94. The van der Waals surface area contributed by atoms with Gasteiger partial charge in [-0.1, -0.05) is 0 Å². The standard InChI is InChI=1S/C15H20N2O/c1-11(2)18-15-7-13(8-16-9-15)6-14-5-12-3-4-17(14)10-12/h6-9,11-12H,3-5,10H2,1-2H3. The number of hydrogen-bond donors (Lipinski definition) is 0. The summed E-state index contributed by atoms with van der Waals surface area (Å²) >= 11 is 0. The number of allylic oxidation sites excluding steroid dienone is 1. The summed E-state index contributed by atoms with van der Waals surface area (Å²) in [5.74, 6) is 1.75. The monoisotopic (exact) mass is 244 g/mol. The summed E-state index contributed by atoms with van der Waals surface area (Å²) in [5.41, 5.74) is 2.62. The molecule has 18 heavy (non-hydrogen) atoms. The van der Waals surface area contributed by atoms with Crippen molar-refractivity contribution in [3.05, 3.63) is 29.7 Å². The van der Waals surface area contributed by atoms with E-state index >= 15 is 0 Å². The molecule has 2 saturated heterocycles. The van der Waals surface area contributed by atoms with Crippen LogP contribution in [0.25, 0.3) is 6.08 Å². The van der Waals surface area contributed by atoms with E-state index in [4.69, 9.17) is 4.74 Å². The highest BCUT2D eigenvalue weighted by Crippen LogP contribution is 2.36. The molecule has 3 heterocycles. The second-order valence-electron chi connectivity index (χ2n) is 5.56. The summed E-state index contributed by atoms with van der Waals surface area (Å²) in [4.78, 5) is 6.75. The number of rotatable bonds is 3. The van der Waals surface area contributed by atoms with Crippen molar-refractivity contribution in [1.82, 2.24) is 9.88 Å². The van der Waals surface area contributed by atoms with E-state index in [-0.39, 0.29) is 6.10 Å². The van der Waals surface area contributed by atoms with Gasteiger partial charge in [-0.05, 0) is 50.3 Å². The molecule has 0 amide bonds. The minimum atomic E-state index is 0.195. The zero-order valence-corrected chi connectivity index (χ0v) is 11.1. The summed E-state index contributed by atoms with van der Waals surface area (Å²) in [7, 11) is 0. The highest BCUT2D eigenvalue weighted by molar-refractivity contribution is 5.54. The van der Waals surface area contributed by atoms with Crippen LogP contribution in [0.1, 0.15) is 32.3 Å². The lowest BCUT2D eigenvalue weighted by Crippen LogP contribution is -2.14. The number of aromatic nitrogens is 1. The number of hydrogen-bond acceptors (Lipinski definition) is 3. The van der Waals surface area contributed by atoms with Gasteiger partial charge in [-0.15, -0.1) is 0 Å². The van der Waals surface area contributed by atoms with E-state index in [1.165, 1.54) is 31.6 Å². The van der Waals surface area contributed by atoms with Crippen molar-refractivity contribution in [2.45, 2.75) is 32.8 Å². The molecule has 1 atom stereocenters. The lowest BCUT2D eigenvalue weighted by Gasteiger charge is -2.18. The Balaban J connectivity index is 1.78. The van der Waals surface area contributed by atoms with Crippen LogP contribution in [0.3, 0.4) is 0 Å². The zero-order valence-electron chi connectivity index (χ0n) is 11.1. The average Bonchev–Trinajstić information content (AvgIpc) is 2.90. The van der Waals surface area contributed by atoms with Gasteiger partial charge in [-0.3, -0.25) is 4.98 Å². The Morgan fingerprint density at radius 2 is 2.33 bits per heavy atom. The van der Waals surface area contributed by atoms with E-state index in [9.17, 15) is 0 Å². The molecule has 1 aromatic rings. The molecule has 1 aromatic heterocycles. The van der Waals surface area contributed by atoms with Gasteiger partial charge in [0.1, 0.15) is 5.75 Å². The van der Waals surface area contributed by atoms with E-state index in [0.29, 0.717) is 0 Å². The fourth-order valence-corrected chi connectivity index (χ4v) is 2.88. The van der Waals surface area contributed by atoms with Crippen molar-refractivity contribution in [2.75, 3.05) is 13.1 Å². The maximum Gasteiger partial charge on any atom is 0.138 e. The van der Waals surface area contributed by atoms with Crippen LogP contribution >= 0.6 is 0 Å². The number of ether oxygens (including phenoxy) is 1. The number of piperidine rings is 1. The third-order valence-corrected chi connectivity index (χ3v) is 3.63. The SMILES string of the molecule is CC(C)Oc1cncc(C=C2CC3CCN2C3)c1. The molecule has 0 aromatic carbocycles. The van der Waals surface area contributed by atoms with E-state index in [2.05, 4.69) is 22.0 Å². The molecular weight excluding hydrogens is 224 g/mol. The first-order valence-corrected chi connectivity index (χ1v) is 6.78. The van der Waals surface area contributed by atoms with Gasteiger partial charge in [0.2, 0.25) is 0 Å². The normalized spacial score (nSPS) is 24.3. The van der Waals surface area contributed by atoms with Crippen LogP contribution in [0, 0.1) is 5.92 Å². The molecule has 3 heteroatoms. The van der Waals surface area contributed by atoms with Crippen LogP contribution < -0.4 is 4.74 Å². The smallest absolute Gasteiger partial charge is 0.138 e. The molecule has 0 spiro atoms. The molecular formula is C15H20N2O. The highest BCUT2D eigenvalue weighted by atomic mass is 16.5. The van der Waals surface area contributed by atoms with E-state index in [1.807, 2.05) is 20.0 Å². The Labute approximate surface area is 108 Å². The van der Waals surface area contributed by atoms with Crippen molar-refractivity contribution < 1.29 is 4.74 Å². The third kappa shape index (κ3) is 2.35. The largest absolute Gasteiger partial charge is 0.489 e. The molecule has 96 valence electrons. The summed E-state index contributed by atoms with van der Waals surface area (Å²) in [6.45, 7) is 6.55. The first kappa shape index (κ1) is 11.6. The van der Waals surface area contributed by atoms with Gasteiger partial charge in [0.05, 0.1) is 12.3 Å². The van der Waals surface area contributed by atoms with E-state index in [1.54, 1.807) is 6.20 Å². The number of pyridine rings is 1. The number of fused-ring (bicyclic) bond motifs is 2. The topological polar surface area (TPSA) is 25.4 Å². The van der Waals surface area contributed by atoms with Crippen LogP contribution in [-0.4, -0.2) is 29.1 Å². The van der Waals surface area contributed by atoms with Gasteiger partial charge in [-0.2, -0.15) is 0 Å². The average molecular weight is 244 g/mol. The van der Waals surface area contributed by atoms with Crippen molar-refractivity contribution >= 4 is 6.08 Å². The molecule has 2 aliphatic rings. The fourth-order valence-electron chi connectivity index (χ4n) is 2.88. The zero-order chi connectivity index (χ0) is 12.5. The molecule has 3 rings (SSSR count). The molecule has 1 unspecified atom stereocenters. The molecule has 0 radical (unpaired) electrons. The van der Waals surface area contributed by atoms with Gasteiger partial charge in [0.15, 0.2) is 0 Å². The van der Waals surface area contributed by atoms with E-state index < -0.39 is 0 Å². The molecule has 2 fully saturated rings. The second-order valence-corrected chi connectivity index (χ2v) is 5.56. The third-order valence-electron chi connectivity index (χ3n) is 3.63. The van der Waals surface area contributed by atoms with Gasteiger partial charge >= 0.3 is 0 Å². The predicted molar refractivity (Wildman–Crippen MR) is 72.3 cm³/mol. The molecule has 0 aliphatic carbocycles. The molecule has 0 saturated carbocycles. The summed E-state index contributed by atoms with van der Waals surface area (Å²) < 4.78 is 5.68. The summed E-state index contributed by atoms with van der Waals surface area (Å²) in [5, 5.41) is 0. The van der Waals surface area contributed by atoms with Crippen molar-refractivity contribution in [1.29, 1.82) is 0 Å². The van der Waals surface area contributed by atoms with Gasteiger partial charge in [0.25, 0.3) is 0 Å². The second kappa shape index (κ2) is 4.63. The Hall–Kier alpha value is -1.51. The molecule has 0 N–H and O–H groups in total. The molecule has 2 aliphatic heterocycles. The maximum absolute atomic E-state index is 5.68. The first-order chi connectivity index (χ1) is 8.70. The van der Waals surface area contributed by atoms with Crippen LogP contribution in [0.2, 0.25) is 0 Å². The Morgan fingerprint density at radius 1 is 1.44 bits per heavy atom. The van der Waals surface area contributed by atoms with Gasteiger partial charge in [0, 0.05) is 25.0 Å². The Bertz CT molecular complexity index is 467. The Morgan fingerprint density at radius 3 is 3.00 bits per heavy atom. The summed E-state index contributed by atoms with van der Waals surface area (Å²) in [6.07, 6.45) is 8.75. The fraction of sp³-hybridized carbons (Fsp3) is 0.533. The maximum atomic E-state index is 5.68. The van der Waals surface area contributed by atoms with Crippen LogP contribution in [0.5, 0.6) is 5.75 Å². The minimum Gasteiger partial charge on any atom is -0.489 e. The van der Waals surface area contributed by atoms with Gasteiger partial charge in [-0.25, -0.2) is 0 Å². The lowest BCUT2D eigenvalue weighted by atomic mass is 10.0. The van der Waals surface area contributed by atoms with Crippen LogP contribution in [0.4, 0.5) is 0 Å². The summed E-state index contributed by atoms with van der Waals surface area (Å²) in [6, 6.07) is 2.08. The van der Waals surface area contributed by atoms with Crippen molar-refractivity contribution in [3.8, 4) is 5.75 Å². The minimum absolute atomic E-state index is 0.195. The van der Waals surface area contributed by atoms with Crippen molar-refractivity contribution in [2.24, 2.45) is 5.92 Å². The first-order valence-electron chi connectivity index (χ1n) is 6.78. The highest BCUT2D eigenvalue weighted by Gasteiger charge is 2.32. The van der Waals surface area contributed by atoms with E-state index in [0.717, 1.165) is 17.2 Å². The Kier molecular flexibility index (Phi) is 2.98. The number of nitrogens with zero attached hydrogens (tertiary/aromatic N) is 2. The quantitative estimate of drug-likeness (QED) is 0.817. The van der Waals surface area contributed by atoms with Gasteiger partial charge < -0.3 is 9.64 Å². The molecule has 3 nitrogen and oxygen atoms in total. The van der Waals surface area contributed by atoms with Crippen LogP contribution in [0.15, 0.2) is 24.2 Å². The van der Waals surface area contributed by atoms with Crippen LogP contribution in [-0.2, 0) is 0 Å². The van der Waals surface area contributed by atoms with Crippen molar-refractivity contribution in [3.63, 3.8) is 0 Å². The lowest BCUT2D eigenvalue weighted by molar-refractivity contribution is 0.241. The molecule has 2 bridgehead atoms.